The number of halogens is 1. The molecule has 11 heavy (non-hydrogen) atoms. The van der Waals surface area contributed by atoms with E-state index in [4.69, 9.17) is 11.6 Å². The summed E-state index contributed by atoms with van der Waals surface area (Å²) in [6.07, 6.45) is 13.1. The zero-order valence-corrected chi connectivity index (χ0v) is 6.75. The van der Waals surface area contributed by atoms with E-state index in [0.29, 0.717) is 0 Å². The fourth-order valence-electron chi connectivity index (χ4n) is 1.17. The highest BCUT2D eigenvalue weighted by Crippen LogP contribution is 2.22. The summed E-state index contributed by atoms with van der Waals surface area (Å²) < 4.78 is 0. The van der Waals surface area contributed by atoms with Crippen LogP contribution in [-0.2, 0) is 0 Å². The Morgan fingerprint density at radius 3 is 3.18 bits per heavy atom. The predicted octanol–water partition coefficient (Wildman–Crippen LogP) is 2.74. The molecule has 1 nitrogen and oxygen atoms in total. The van der Waals surface area contributed by atoms with E-state index in [1.165, 1.54) is 5.70 Å². The summed E-state index contributed by atoms with van der Waals surface area (Å²) in [6.45, 7) is 0. The molecule has 0 bridgehead atoms. The van der Waals surface area contributed by atoms with Crippen molar-refractivity contribution in [3.63, 3.8) is 0 Å². The minimum absolute atomic E-state index is 0.772. The van der Waals surface area contributed by atoms with Crippen molar-refractivity contribution in [1.82, 2.24) is 4.90 Å². The normalized spacial score (nSPS) is 21.0. The van der Waals surface area contributed by atoms with E-state index < -0.39 is 0 Å². The average molecular weight is 166 g/mol. The lowest BCUT2D eigenvalue weighted by Gasteiger charge is -2.22. The Bertz CT molecular complexity index is 284. The van der Waals surface area contributed by atoms with Crippen LogP contribution >= 0.6 is 11.6 Å². The van der Waals surface area contributed by atoms with Crippen LogP contribution < -0.4 is 0 Å². The van der Waals surface area contributed by atoms with Gasteiger partial charge in [0.15, 0.2) is 0 Å². The first-order chi connectivity index (χ1) is 5.36. The molecule has 0 N–H and O–H groups in total. The van der Waals surface area contributed by atoms with E-state index in [-0.39, 0.29) is 0 Å². The number of fused-ring (bicyclic) bond motifs is 1. The van der Waals surface area contributed by atoms with Crippen LogP contribution in [0.2, 0.25) is 0 Å². The van der Waals surface area contributed by atoms with E-state index in [1.54, 1.807) is 0 Å². The van der Waals surface area contributed by atoms with Crippen LogP contribution in [0, 0.1) is 0 Å². The van der Waals surface area contributed by atoms with Crippen LogP contribution in [0.4, 0.5) is 0 Å². The Morgan fingerprint density at radius 1 is 1.36 bits per heavy atom. The Labute approximate surface area is 71.0 Å². The smallest absolute Gasteiger partial charge is 0.0572 e. The summed E-state index contributed by atoms with van der Waals surface area (Å²) in [4.78, 5) is 2.02. The van der Waals surface area contributed by atoms with Crippen LogP contribution in [0.5, 0.6) is 0 Å². The first-order valence-corrected chi connectivity index (χ1v) is 3.94. The van der Waals surface area contributed by atoms with Crippen molar-refractivity contribution >= 4 is 11.6 Å². The second kappa shape index (κ2) is 2.59. The third-order valence-corrected chi connectivity index (χ3v) is 1.93. The van der Waals surface area contributed by atoms with Crippen molar-refractivity contribution in [3.05, 3.63) is 47.4 Å². The van der Waals surface area contributed by atoms with Crippen LogP contribution in [0.25, 0.3) is 0 Å². The van der Waals surface area contributed by atoms with Gasteiger partial charge >= 0.3 is 0 Å². The summed E-state index contributed by atoms with van der Waals surface area (Å²) in [5.74, 6) is 0. The molecule has 2 aliphatic rings. The van der Waals surface area contributed by atoms with E-state index in [9.17, 15) is 0 Å². The van der Waals surface area contributed by atoms with Crippen LogP contribution in [-0.4, -0.2) is 4.90 Å². The first kappa shape index (κ1) is 6.74. The summed E-state index contributed by atoms with van der Waals surface area (Å²) >= 11 is 5.81. The minimum Gasteiger partial charge on any atom is -0.323 e. The van der Waals surface area contributed by atoms with Gasteiger partial charge in [-0.15, -0.1) is 0 Å². The average Bonchev–Trinajstić information content (AvgIpc) is 2.04. The van der Waals surface area contributed by atoms with Gasteiger partial charge in [0.25, 0.3) is 0 Å². The van der Waals surface area contributed by atoms with Gasteiger partial charge < -0.3 is 4.90 Å². The largest absolute Gasteiger partial charge is 0.323 e. The van der Waals surface area contributed by atoms with E-state index in [1.807, 2.05) is 29.5 Å². The molecule has 0 atom stereocenters. The number of allylic oxidation sites excluding steroid dienone is 5. The molecule has 0 fully saturated rings. The summed E-state index contributed by atoms with van der Waals surface area (Å²) in [5, 5.41) is 0.772. The molecule has 0 aromatic rings. The quantitative estimate of drug-likeness (QED) is 0.534. The lowest BCUT2D eigenvalue weighted by molar-refractivity contribution is 0.627. The third kappa shape index (κ3) is 1.24. The fourth-order valence-corrected chi connectivity index (χ4v) is 1.34. The maximum absolute atomic E-state index is 5.81. The van der Waals surface area contributed by atoms with Gasteiger partial charge in [0.2, 0.25) is 0 Å². The van der Waals surface area contributed by atoms with Crippen molar-refractivity contribution in [1.29, 1.82) is 0 Å². The number of hydrogen-bond acceptors (Lipinski definition) is 1. The second-order valence-electron chi connectivity index (χ2n) is 2.50. The monoisotopic (exact) mass is 165 g/mol. The molecule has 0 aromatic heterocycles. The molecule has 0 unspecified atom stereocenters. The molecule has 0 saturated carbocycles. The number of hydrogen-bond donors (Lipinski definition) is 0. The molecule has 0 radical (unpaired) electrons. The Morgan fingerprint density at radius 2 is 2.27 bits per heavy atom. The van der Waals surface area contributed by atoms with Crippen LogP contribution in [0.15, 0.2) is 47.4 Å². The maximum atomic E-state index is 5.81. The highest BCUT2D eigenvalue weighted by atomic mass is 35.5. The van der Waals surface area contributed by atoms with Gasteiger partial charge in [-0.25, -0.2) is 0 Å². The van der Waals surface area contributed by atoms with Gasteiger partial charge in [-0.2, -0.15) is 0 Å². The Balaban J connectivity index is 2.33. The zero-order chi connectivity index (χ0) is 7.68. The lowest BCUT2D eigenvalue weighted by atomic mass is 10.2. The van der Waals surface area contributed by atoms with E-state index >= 15 is 0 Å². The van der Waals surface area contributed by atoms with E-state index in [2.05, 4.69) is 12.2 Å². The molecule has 2 rings (SSSR count). The van der Waals surface area contributed by atoms with Gasteiger partial charge in [-0.05, 0) is 18.6 Å². The fraction of sp³-hybridized carbons (Fsp3) is 0.111. The third-order valence-electron chi connectivity index (χ3n) is 1.70. The first-order valence-electron chi connectivity index (χ1n) is 3.57. The zero-order valence-electron chi connectivity index (χ0n) is 6.00. The SMILES string of the molecule is ClC1=CN2C=CCC=C2C=C1. The summed E-state index contributed by atoms with van der Waals surface area (Å²) in [5.41, 5.74) is 1.21. The molecule has 56 valence electrons. The van der Waals surface area contributed by atoms with Crippen LogP contribution in [0.3, 0.4) is 0 Å². The number of nitrogens with zero attached hydrogens (tertiary/aromatic N) is 1. The van der Waals surface area contributed by atoms with Crippen molar-refractivity contribution < 1.29 is 0 Å². The summed E-state index contributed by atoms with van der Waals surface area (Å²) in [7, 11) is 0. The van der Waals surface area contributed by atoms with Crippen molar-refractivity contribution in [2.45, 2.75) is 6.42 Å². The highest BCUT2D eigenvalue weighted by molar-refractivity contribution is 6.31. The number of rotatable bonds is 0. The molecule has 0 aromatic carbocycles. The molecule has 2 heteroatoms. The van der Waals surface area contributed by atoms with Gasteiger partial charge in [-0.3, -0.25) is 0 Å². The predicted molar refractivity (Wildman–Crippen MR) is 46.8 cm³/mol. The molecule has 0 amide bonds. The molecular weight excluding hydrogens is 158 g/mol. The van der Waals surface area contributed by atoms with Gasteiger partial charge in [0, 0.05) is 18.1 Å². The maximum Gasteiger partial charge on any atom is 0.0572 e. The molecule has 0 spiro atoms. The van der Waals surface area contributed by atoms with Crippen molar-refractivity contribution in [2.24, 2.45) is 0 Å². The molecule has 2 heterocycles. The lowest BCUT2D eigenvalue weighted by Crippen LogP contribution is -2.12. The second-order valence-corrected chi connectivity index (χ2v) is 2.94. The molecule has 2 aliphatic heterocycles. The molecular formula is C9H8ClN. The van der Waals surface area contributed by atoms with Crippen molar-refractivity contribution in [2.75, 3.05) is 0 Å². The van der Waals surface area contributed by atoms with E-state index in [0.717, 1.165) is 11.5 Å². The van der Waals surface area contributed by atoms with Gasteiger partial charge in [0.05, 0.1) is 5.03 Å². The molecule has 0 saturated heterocycles. The van der Waals surface area contributed by atoms with Gasteiger partial charge in [0.1, 0.15) is 0 Å². The Hall–Kier alpha value is -0.950. The van der Waals surface area contributed by atoms with Crippen molar-refractivity contribution in [3.8, 4) is 0 Å². The standard InChI is InChI=1S/C9H8ClN/c10-8-4-5-9-3-1-2-6-11(9)7-8/h2-7H,1H2. The topological polar surface area (TPSA) is 3.24 Å². The van der Waals surface area contributed by atoms with Crippen LogP contribution in [0.1, 0.15) is 6.42 Å². The minimum atomic E-state index is 0.772. The highest BCUT2D eigenvalue weighted by Gasteiger charge is 2.07. The molecule has 0 aliphatic carbocycles. The summed E-state index contributed by atoms with van der Waals surface area (Å²) in [6, 6.07) is 0. The van der Waals surface area contributed by atoms with Gasteiger partial charge in [-0.1, -0.05) is 23.8 Å². The Kier molecular flexibility index (Phi) is 1.59.